The van der Waals surface area contributed by atoms with Crippen LogP contribution in [0, 0.1) is 0 Å². The van der Waals surface area contributed by atoms with Crippen LogP contribution in [-0.2, 0) is 24.3 Å². The zero-order valence-electron chi connectivity index (χ0n) is 14.4. The van der Waals surface area contributed by atoms with Crippen LogP contribution in [0.3, 0.4) is 0 Å². The Morgan fingerprint density at radius 2 is 2.19 bits per heavy atom. The topological polar surface area (TPSA) is 57.0 Å². The summed E-state index contributed by atoms with van der Waals surface area (Å²) in [5.74, 6) is 0. The van der Waals surface area contributed by atoms with Crippen molar-refractivity contribution < 1.29 is 4.74 Å². The Labute approximate surface area is 164 Å². The summed E-state index contributed by atoms with van der Waals surface area (Å²) in [6.45, 7) is 4.95. The zero-order valence-corrected chi connectivity index (χ0v) is 16.7. The van der Waals surface area contributed by atoms with Crippen molar-refractivity contribution in [2.45, 2.75) is 45.4 Å². The van der Waals surface area contributed by atoms with E-state index in [9.17, 15) is 4.79 Å². The van der Waals surface area contributed by atoms with Crippen LogP contribution in [-0.4, -0.2) is 20.6 Å². The average Bonchev–Trinajstić information content (AvgIpc) is 2.97. The molecule has 0 spiro atoms. The van der Waals surface area contributed by atoms with Crippen molar-refractivity contribution in [3.8, 4) is 0 Å². The Kier molecular flexibility index (Phi) is 4.55. The third-order valence-corrected chi connectivity index (χ3v) is 6.63. The van der Waals surface area contributed by atoms with E-state index in [-0.39, 0.29) is 17.7 Å². The molecule has 0 fully saturated rings. The fourth-order valence-electron chi connectivity index (χ4n) is 3.16. The van der Waals surface area contributed by atoms with Gasteiger partial charge in [0.15, 0.2) is 4.83 Å². The molecular formula is C18H17Cl2N3O2S. The quantitative estimate of drug-likeness (QED) is 0.640. The summed E-state index contributed by atoms with van der Waals surface area (Å²) in [4.78, 5) is 14.8. The lowest BCUT2D eigenvalue weighted by Gasteiger charge is -2.32. The summed E-state index contributed by atoms with van der Waals surface area (Å²) < 4.78 is 7.35. The van der Waals surface area contributed by atoms with Gasteiger partial charge in [0.2, 0.25) is 0 Å². The van der Waals surface area contributed by atoms with Gasteiger partial charge in [0, 0.05) is 21.3 Å². The lowest BCUT2D eigenvalue weighted by Crippen LogP contribution is -2.34. The van der Waals surface area contributed by atoms with Gasteiger partial charge < -0.3 is 4.74 Å². The number of fused-ring (bicyclic) bond motifs is 3. The lowest BCUT2D eigenvalue weighted by atomic mass is 9.90. The molecule has 5 nitrogen and oxygen atoms in total. The second-order valence-electron chi connectivity index (χ2n) is 6.74. The highest BCUT2D eigenvalue weighted by atomic mass is 35.5. The molecule has 0 N–H and O–H groups in total. The first-order valence-electron chi connectivity index (χ1n) is 8.36. The highest BCUT2D eigenvalue weighted by Crippen LogP contribution is 2.37. The van der Waals surface area contributed by atoms with E-state index < -0.39 is 0 Å². The molecule has 0 saturated heterocycles. The molecule has 0 saturated carbocycles. The first-order chi connectivity index (χ1) is 12.4. The first kappa shape index (κ1) is 17.9. The molecule has 136 valence electrons. The number of rotatable bonds is 3. The van der Waals surface area contributed by atoms with E-state index in [1.165, 1.54) is 16.0 Å². The molecular weight excluding hydrogens is 393 g/mol. The highest BCUT2D eigenvalue weighted by molar-refractivity contribution is 7.18. The number of halogens is 2. The van der Waals surface area contributed by atoms with Crippen molar-refractivity contribution in [3.63, 3.8) is 0 Å². The van der Waals surface area contributed by atoms with Crippen molar-refractivity contribution in [2.24, 2.45) is 0 Å². The molecule has 3 aromatic rings. The molecule has 0 amide bonds. The van der Waals surface area contributed by atoms with E-state index in [0.717, 1.165) is 22.4 Å². The Balaban J connectivity index is 1.80. The van der Waals surface area contributed by atoms with Gasteiger partial charge in [0.1, 0.15) is 0 Å². The number of ether oxygens (including phenoxy) is 1. The zero-order chi connectivity index (χ0) is 18.5. The minimum absolute atomic E-state index is 0.140. The molecule has 1 atom stereocenters. The van der Waals surface area contributed by atoms with Crippen LogP contribution in [0.1, 0.15) is 36.3 Å². The summed E-state index contributed by atoms with van der Waals surface area (Å²) in [6, 6.07) is 5.20. The highest BCUT2D eigenvalue weighted by Gasteiger charge is 2.33. The lowest BCUT2D eigenvalue weighted by molar-refractivity contribution is -0.0543. The van der Waals surface area contributed by atoms with Crippen molar-refractivity contribution in [2.75, 3.05) is 0 Å². The maximum atomic E-state index is 13.1. The Hall–Kier alpha value is -1.47. The number of hydrogen-bond donors (Lipinski definition) is 0. The van der Waals surface area contributed by atoms with Crippen LogP contribution in [0.25, 0.3) is 10.2 Å². The van der Waals surface area contributed by atoms with Crippen LogP contribution < -0.4 is 5.56 Å². The second kappa shape index (κ2) is 6.60. The molecule has 0 aliphatic carbocycles. The summed E-state index contributed by atoms with van der Waals surface area (Å²) in [7, 11) is 0. The van der Waals surface area contributed by atoms with E-state index in [1.54, 1.807) is 18.2 Å². The van der Waals surface area contributed by atoms with Gasteiger partial charge in [0.05, 0.1) is 24.1 Å². The molecule has 3 heterocycles. The molecule has 1 aliphatic rings. The number of aromatic nitrogens is 3. The van der Waals surface area contributed by atoms with Crippen molar-refractivity contribution >= 4 is 44.8 Å². The first-order valence-corrected chi connectivity index (χ1v) is 9.93. The number of benzene rings is 1. The molecule has 1 aliphatic heterocycles. The summed E-state index contributed by atoms with van der Waals surface area (Å²) >= 11 is 13.7. The molecule has 2 aromatic heterocycles. The molecule has 0 bridgehead atoms. The van der Waals surface area contributed by atoms with Crippen LogP contribution in [0.4, 0.5) is 0 Å². The van der Waals surface area contributed by atoms with E-state index in [0.29, 0.717) is 33.3 Å². The Bertz CT molecular complexity index is 1060. The van der Waals surface area contributed by atoms with Gasteiger partial charge in [-0.3, -0.25) is 4.79 Å². The summed E-state index contributed by atoms with van der Waals surface area (Å²) in [6.07, 6.45) is 1.60. The van der Waals surface area contributed by atoms with Gasteiger partial charge in [0.25, 0.3) is 5.56 Å². The molecule has 26 heavy (non-hydrogen) atoms. The van der Waals surface area contributed by atoms with E-state index in [4.69, 9.17) is 27.9 Å². The second-order valence-corrected chi connectivity index (χ2v) is 8.67. The predicted octanol–water partition coefficient (Wildman–Crippen LogP) is 4.45. The third kappa shape index (κ3) is 3.05. The fraction of sp³-hybridized carbons (Fsp3) is 0.389. The van der Waals surface area contributed by atoms with Crippen molar-refractivity contribution in [1.82, 2.24) is 15.0 Å². The van der Waals surface area contributed by atoms with Gasteiger partial charge in [-0.2, -0.15) is 0 Å². The van der Waals surface area contributed by atoms with E-state index in [2.05, 4.69) is 24.2 Å². The molecule has 8 heteroatoms. The van der Waals surface area contributed by atoms with Gasteiger partial charge in [-0.25, -0.2) is 4.68 Å². The monoisotopic (exact) mass is 409 g/mol. The van der Waals surface area contributed by atoms with Gasteiger partial charge in [-0.05, 0) is 36.6 Å². The fourth-order valence-corrected chi connectivity index (χ4v) is 4.67. The number of nitrogens with zero attached hydrogens (tertiary/aromatic N) is 3. The van der Waals surface area contributed by atoms with Crippen LogP contribution in [0.5, 0.6) is 0 Å². The van der Waals surface area contributed by atoms with Gasteiger partial charge >= 0.3 is 0 Å². The normalized spacial score (nSPS) is 19.7. The number of thiophene rings is 1. The minimum atomic E-state index is -0.249. The number of hydrogen-bond acceptors (Lipinski definition) is 5. The smallest absolute Gasteiger partial charge is 0.279 e. The Morgan fingerprint density at radius 3 is 2.92 bits per heavy atom. The maximum absolute atomic E-state index is 13.1. The molecule has 1 aromatic carbocycles. The average molecular weight is 410 g/mol. The molecule has 0 radical (unpaired) electrons. The molecule has 4 rings (SSSR count). The SMILES string of the molecule is CCC1(C)Cc2c(sc3nnn(Cc4ccc(Cl)cc4Cl)c(=O)c23)CO1. The van der Waals surface area contributed by atoms with E-state index >= 15 is 0 Å². The van der Waals surface area contributed by atoms with Crippen LogP contribution in [0.15, 0.2) is 23.0 Å². The van der Waals surface area contributed by atoms with Crippen LogP contribution >= 0.6 is 34.5 Å². The standard InChI is InChI=1S/C18H17Cl2N3O2S/c1-3-18(2)7-12-14(9-25-18)26-16-15(12)17(24)23(22-21-16)8-10-4-5-11(19)6-13(10)20/h4-6H,3,7-9H2,1-2H3. The van der Waals surface area contributed by atoms with Crippen molar-refractivity contribution in [1.29, 1.82) is 0 Å². The van der Waals surface area contributed by atoms with Gasteiger partial charge in [-0.15, -0.1) is 16.4 Å². The molecule has 1 unspecified atom stereocenters. The van der Waals surface area contributed by atoms with Crippen molar-refractivity contribution in [3.05, 3.63) is 54.6 Å². The van der Waals surface area contributed by atoms with Gasteiger partial charge in [-0.1, -0.05) is 41.4 Å². The van der Waals surface area contributed by atoms with E-state index in [1.807, 2.05) is 0 Å². The third-order valence-electron chi connectivity index (χ3n) is 4.95. The summed E-state index contributed by atoms with van der Waals surface area (Å²) in [5, 5.41) is 10.1. The maximum Gasteiger partial charge on any atom is 0.279 e. The summed E-state index contributed by atoms with van der Waals surface area (Å²) in [5.41, 5.74) is 1.44. The van der Waals surface area contributed by atoms with Crippen LogP contribution in [0.2, 0.25) is 10.0 Å². The predicted molar refractivity (Wildman–Crippen MR) is 104 cm³/mol. The largest absolute Gasteiger partial charge is 0.369 e. The minimum Gasteiger partial charge on any atom is -0.369 e. The Morgan fingerprint density at radius 1 is 1.38 bits per heavy atom.